The molecule has 204 valence electrons. The summed E-state index contributed by atoms with van der Waals surface area (Å²) in [6.45, 7) is 9.62. The summed E-state index contributed by atoms with van der Waals surface area (Å²) in [4.78, 5) is 30.9. The number of morpholine rings is 1. The molecule has 0 saturated carbocycles. The van der Waals surface area contributed by atoms with E-state index >= 15 is 0 Å². The summed E-state index contributed by atoms with van der Waals surface area (Å²) in [5, 5.41) is 10.3. The van der Waals surface area contributed by atoms with Crippen LogP contribution in [-0.4, -0.2) is 83.9 Å². The van der Waals surface area contributed by atoms with E-state index in [-0.39, 0.29) is 18.5 Å². The first-order valence-corrected chi connectivity index (χ1v) is 13.6. The van der Waals surface area contributed by atoms with E-state index in [1.165, 1.54) is 5.01 Å². The number of carbonyl (C=O) groups excluding carboxylic acids is 2. The SMILES string of the molecule is CC(C)(C)NC(=O)N(CCN1CCOCC1)CC(=O)N1N=C(c2ccccc2Cl)C[C@@H]1c1ccccc1Cl. The topological polar surface area (TPSA) is 77.5 Å². The summed E-state index contributed by atoms with van der Waals surface area (Å²) in [5.41, 5.74) is 1.83. The number of ether oxygens (including phenoxy) is 1. The second-order valence-corrected chi connectivity index (χ2v) is 11.4. The van der Waals surface area contributed by atoms with Crippen molar-refractivity contribution in [1.29, 1.82) is 0 Å². The molecule has 2 heterocycles. The van der Waals surface area contributed by atoms with Gasteiger partial charge in [-0.3, -0.25) is 9.69 Å². The van der Waals surface area contributed by atoms with Crippen LogP contribution in [0, 0.1) is 0 Å². The number of amides is 3. The van der Waals surface area contributed by atoms with Crippen molar-refractivity contribution in [2.75, 3.05) is 45.9 Å². The molecule has 4 rings (SSSR count). The zero-order valence-electron chi connectivity index (χ0n) is 22.1. The van der Waals surface area contributed by atoms with Crippen LogP contribution in [0.5, 0.6) is 0 Å². The first-order chi connectivity index (χ1) is 18.1. The van der Waals surface area contributed by atoms with Gasteiger partial charge in [0.25, 0.3) is 5.91 Å². The van der Waals surface area contributed by atoms with Gasteiger partial charge >= 0.3 is 6.03 Å². The van der Waals surface area contributed by atoms with Gasteiger partial charge in [0.15, 0.2) is 0 Å². The molecule has 2 aliphatic heterocycles. The number of hydrazone groups is 1. The number of halogens is 2. The summed E-state index contributed by atoms with van der Waals surface area (Å²) in [7, 11) is 0. The van der Waals surface area contributed by atoms with Crippen molar-refractivity contribution in [3.05, 3.63) is 69.7 Å². The molecule has 0 bridgehead atoms. The zero-order chi connectivity index (χ0) is 27.3. The van der Waals surface area contributed by atoms with Crippen LogP contribution in [0.25, 0.3) is 0 Å². The van der Waals surface area contributed by atoms with Crippen LogP contribution in [0.15, 0.2) is 53.6 Å². The third kappa shape index (κ3) is 7.26. The smallest absolute Gasteiger partial charge is 0.318 e. The quantitative estimate of drug-likeness (QED) is 0.527. The molecule has 0 aromatic heterocycles. The Bertz CT molecular complexity index is 1180. The van der Waals surface area contributed by atoms with Gasteiger partial charge in [0.05, 0.1) is 25.0 Å². The molecule has 1 N–H and O–H groups in total. The van der Waals surface area contributed by atoms with Gasteiger partial charge in [-0.1, -0.05) is 59.6 Å². The van der Waals surface area contributed by atoms with Gasteiger partial charge in [0.1, 0.15) is 6.54 Å². The minimum atomic E-state index is -0.444. The Morgan fingerprint density at radius 2 is 1.71 bits per heavy atom. The fraction of sp³-hybridized carbons (Fsp3) is 0.464. The lowest BCUT2D eigenvalue weighted by molar-refractivity contribution is -0.133. The van der Waals surface area contributed by atoms with E-state index in [1.807, 2.05) is 57.2 Å². The van der Waals surface area contributed by atoms with E-state index in [0.717, 1.165) is 24.2 Å². The third-order valence-corrected chi connectivity index (χ3v) is 7.17. The highest BCUT2D eigenvalue weighted by atomic mass is 35.5. The van der Waals surface area contributed by atoms with Crippen LogP contribution in [-0.2, 0) is 9.53 Å². The van der Waals surface area contributed by atoms with E-state index in [2.05, 4.69) is 10.2 Å². The van der Waals surface area contributed by atoms with Crippen LogP contribution >= 0.6 is 23.2 Å². The monoisotopic (exact) mass is 559 g/mol. The highest BCUT2D eigenvalue weighted by Crippen LogP contribution is 2.37. The Morgan fingerprint density at radius 1 is 1.05 bits per heavy atom. The Hall–Kier alpha value is -2.65. The summed E-state index contributed by atoms with van der Waals surface area (Å²) in [6.07, 6.45) is 0.459. The highest BCUT2D eigenvalue weighted by molar-refractivity contribution is 6.34. The number of carbonyl (C=O) groups is 2. The van der Waals surface area contributed by atoms with Crippen molar-refractivity contribution >= 4 is 40.9 Å². The van der Waals surface area contributed by atoms with Gasteiger partial charge in [-0.15, -0.1) is 0 Å². The van der Waals surface area contributed by atoms with E-state index in [9.17, 15) is 9.59 Å². The Kier molecular flexibility index (Phi) is 9.31. The normalized spacial score (nSPS) is 18.3. The van der Waals surface area contributed by atoms with Crippen LogP contribution in [0.2, 0.25) is 10.0 Å². The van der Waals surface area contributed by atoms with Gasteiger partial charge in [0, 0.05) is 53.7 Å². The van der Waals surface area contributed by atoms with Crippen molar-refractivity contribution in [1.82, 2.24) is 20.1 Å². The number of benzene rings is 2. The number of urea groups is 1. The largest absolute Gasteiger partial charge is 0.379 e. The molecule has 0 radical (unpaired) electrons. The summed E-state index contributed by atoms with van der Waals surface area (Å²) in [5.74, 6) is -0.289. The van der Waals surface area contributed by atoms with Gasteiger partial charge in [-0.05, 0) is 38.5 Å². The standard InChI is InChI=1S/C28H35Cl2N5O3/c1-28(2,3)31-27(37)34(13-12-33-14-16-38-17-15-33)19-26(36)35-25(21-9-5-7-11-23(21)30)18-24(32-35)20-8-4-6-10-22(20)29/h4-11,25H,12-19H2,1-3H3,(H,31,37)/t25-/m1/s1. The molecule has 0 unspecified atom stereocenters. The third-order valence-electron chi connectivity index (χ3n) is 6.50. The molecule has 1 fully saturated rings. The fourth-order valence-electron chi connectivity index (χ4n) is 4.56. The summed E-state index contributed by atoms with van der Waals surface area (Å²) >= 11 is 13.0. The molecular formula is C28H35Cl2N5O3. The predicted octanol–water partition coefficient (Wildman–Crippen LogP) is 4.81. The maximum absolute atomic E-state index is 13.8. The average molecular weight is 561 g/mol. The van der Waals surface area contributed by atoms with E-state index in [4.69, 9.17) is 33.0 Å². The molecule has 1 saturated heterocycles. The lowest BCUT2D eigenvalue weighted by Crippen LogP contribution is -2.53. The van der Waals surface area contributed by atoms with Crippen molar-refractivity contribution in [3.63, 3.8) is 0 Å². The molecule has 10 heteroatoms. The Morgan fingerprint density at radius 3 is 2.37 bits per heavy atom. The number of nitrogens with one attached hydrogen (secondary N) is 1. The minimum Gasteiger partial charge on any atom is -0.379 e. The zero-order valence-corrected chi connectivity index (χ0v) is 23.6. The lowest BCUT2D eigenvalue weighted by Gasteiger charge is -2.33. The molecular weight excluding hydrogens is 525 g/mol. The molecule has 8 nitrogen and oxygen atoms in total. The van der Waals surface area contributed by atoms with Crippen molar-refractivity contribution in [3.8, 4) is 0 Å². The number of hydrogen-bond acceptors (Lipinski definition) is 5. The van der Waals surface area contributed by atoms with E-state index in [1.54, 1.807) is 17.0 Å². The highest BCUT2D eigenvalue weighted by Gasteiger charge is 2.36. The van der Waals surface area contributed by atoms with Gasteiger partial charge in [-0.2, -0.15) is 5.10 Å². The van der Waals surface area contributed by atoms with Crippen molar-refractivity contribution in [2.45, 2.75) is 38.8 Å². The molecule has 2 aromatic carbocycles. The maximum Gasteiger partial charge on any atom is 0.318 e. The second kappa shape index (κ2) is 12.5. The maximum atomic E-state index is 13.8. The summed E-state index contributed by atoms with van der Waals surface area (Å²) < 4.78 is 5.44. The van der Waals surface area contributed by atoms with Crippen molar-refractivity contribution in [2.24, 2.45) is 5.10 Å². The molecule has 3 amide bonds. The summed E-state index contributed by atoms with van der Waals surface area (Å²) in [6, 6.07) is 14.2. The lowest BCUT2D eigenvalue weighted by atomic mass is 9.98. The Balaban J connectivity index is 1.59. The molecule has 2 aliphatic rings. The first kappa shape index (κ1) is 28.4. The number of nitrogens with zero attached hydrogens (tertiary/aromatic N) is 4. The van der Waals surface area contributed by atoms with Crippen LogP contribution in [0.1, 0.15) is 44.4 Å². The molecule has 2 aromatic rings. The Labute approximate surface area is 234 Å². The van der Waals surface area contributed by atoms with E-state index < -0.39 is 11.6 Å². The predicted molar refractivity (Wildman–Crippen MR) is 151 cm³/mol. The molecule has 0 spiro atoms. The van der Waals surface area contributed by atoms with Gasteiger partial charge < -0.3 is 15.0 Å². The fourth-order valence-corrected chi connectivity index (χ4v) is 5.07. The van der Waals surface area contributed by atoms with E-state index in [0.29, 0.717) is 48.5 Å². The second-order valence-electron chi connectivity index (χ2n) is 10.6. The van der Waals surface area contributed by atoms with Crippen LogP contribution in [0.3, 0.4) is 0 Å². The van der Waals surface area contributed by atoms with Gasteiger partial charge in [0.2, 0.25) is 0 Å². The van der Waals surface area contributed by atoms with Gasteiger partial charge in [-0.25, -0.2) is 9.80 Å². The van der Waals surface area contributed by atoms with Crippen LogP contribution < -0.4 is 5.32 Å². The van der Waals surface area contributed by atoms with Crippen molar-refractivity contribution < 1.29 is 14.3 Å². The molecule has 0 aliphatic carbocycles. The number of hydrogen-bond donors (Lipinski definition) is 1. The van der Waals surface area contributed by atoms with Crippen LogP contribution in [0.4, 0.5) is 4.79 Å². The average Bonchev–Trinajstić information content (AvgIpc) is 3.31. The molecule has 38 heavy (non-hydrogen) atoms. The minimum absolute atomic E-state index is 0.119. The molecule has 1 atom stereocenters. The number of rotatable bonds is 7. The first-order valence-electron chi connectivity index (χ1n) is 12.9.